The van der Waals surface area contributed by atoms with E-state index in [0.717, 1.165) is 37.1 Å². The molecule has 0 amide bonds. The van der Waals surface area contributed by atoms with Gasteiger partial charge in [0.25, 0.3) is 5.89 Å². The van der Waals surface area contributed by atoms with Crippen LogP contribution in [-0.2, 0) is 6.42 Å². The summed E-state index contributed by atoms with van der Waals surface area (Å²) < 4.78 is 8.31. The van der Waals surface area contributed by atoms with Gasteiger partial charge in [0.15, 0.2) is 0 Å². The normalized spacial score (nSPS) is 19.7. The van der Waals surface area contributed by atoms with E-state index >= 15 is 0 Å². The van der Waals surface area contributed by atoms with Crippen molar-refractivity contribution in [2.24, 2.45) is 5.41 Å². The number of likely N-dealkylation sites (N-methyl/N-ethyl adjacent to an activating group) is 1. The molecule has 0 N–H and O–H groups in total. The third kappa shape index (κ3) is 2.61. The summed E-state index contributed by atoms with van der Waals surface area (Å²) in [7, 11) is 2.27. The smallest absolute Gasteiger partial charge is 0.274 e. The van der Waals surface area contributed by atoms with Crippen LogP contribution in [0, 0.1) is 5.41 Å². The van der Waals surface area contributed by atoms with E-state index in [1.165, 1.54) is 22.2 Å². The number of nitrogens with zero attached hydrogens (tertiary/aromatic N) is 4. The van der Waals surface area contributed by atoms with Crippen LogP contribution in [0.25, 0.3) is 28.0 Å². The zero-order valence-electron chi connectivity index (χ0n) is 18.9. The molecule has 32 heavy (non-hydrogen) atoms. The van der Waals surface area contributed by atoms with E-state index in [9.17, 15) is 0 Å². The highest BCUT2D eigenvalue weighted by molar-refractivity contribution is 5.91. The maximum atomic E-state index is 5.91. The first-order chi connectivity index (χ1) is 15.7. The van der Waals surface area contributed by atoms with Gasteiger partial charge in [-0.2, -0.15) is 4.98 Å². The van der Waals surface area contributed by atoms with Gasteiger partial charge in [-0.15, -0.1) is 0 Å². The molecule has 2 aliphatic rings. The molecule has 0 fully saturated rings. The Hall–Kier alpha value is -3.18. The summed E-state index contributed by atoms with van der Waals surface area (Å²) in [6, 6.07) is 19.1. The van der Waals surface area contributed by atoms with Crippen LogP contribution >= 0.6 is 0 Å². The van der Waals surface area contributed by atoms with Crippen molar-refractivity contribution in [3.63, 3.8) is 0 Å². The monoisotopic (exact) mass is 424 g/mol. The predicted octanol–water partition coefficient (Wildman–Crippen LogP) is 5.93. The lowest BCUT2D eigenvalue weighted by Crippen LogP contribution is -2.45. The van der Waals surface area contributed by atoms with Gasteiger partial charge in [-0.1, -0.05) is 67.5 Å². The minimum atomic E-state index is 0.0189. The van der Waals surface area contributed by atoms with Gasteiger partial charge >= 0.3 is 0 Å². The molecule has 0 bridgehead atoms. The van der Waals surface area contributed by atoms with Crippen LogP contribution in [0.4, 0.5) is 0 Å². The van der Waals surface area contributed by atoms with Gasteiger partial charge in [0.1, 0.15) is 5.70 Å². The van der Waals surface area contributed by atoms with Gasteiger partial charge in [-0.3, -0.25) is 4.90 Å². The van der Waals surface area contributed by atoms with E-state index in [1.807, 2.05) is 30.3 Å². The lowest BCUT2D eigenvalue weighted by molar-refractivity contribution is 0.0938. The second-order valence-electron chi connectivity index (χ2n) is 9.11. The summed E-state index contributed by atoms with van der Waals surface area (Å²) in [5.41, 5.74) is 6.11. The Morgan fingerprint density at radius 3 is 2.56 bits per heavy atom. The van der Waals surface area contributed by atoms with Crippen LogP contribution < -0.4 is 0 Å². The molecule has 0 unspecified atom stereocenters. The number of benzene rings is 2. The third-order valence-electron chi connectivity index (χ3n) is 7.64. The van der Waals surface area contributed by atoms with Crippen molar-refractivity contribution in [3.05, 3.63) is 77.8 Å². The first-order valence-electron chi connectivity index (χ1n) is 11.6. The van der Waals surface area contributed by atoms with Crippen LogP contribution in [0.15, 0.2) is 65.2 Å². The van der Waals surface area contributed by atoms with Gasteiger partial charge in [0.05, 0.1) is 11.6 Å². The SMILES string of the molecule is CCC1(CC)C=C(c2nc(-c3ccccc3)no2)n2c3c(c4ccccc42)CCN(C)[C@H]31. The maximum absolute atomic E-state index is 5.91. The number of hydrogen-bond donors (Lipinski definition) is 0. The molecule has 0 saturated carbocycles. The van der Waals surface area contributed by atoms with Crippen LogP contribution in [-0.4, -0.2) is 33.2 Å². The highest BCUT2D eigenvalue weighted by Gasteiger charge is 2.47. The number of hydrogen-bond acceptors (Lipinski definition) is 4. The fourth-order valence-electron chi connectivity index (χ4n) is 5.92. The molecular weight excluding hydrogens is 396 g/mol. The molecule has 162 valence electrons. The van der Waals surface area contributed by atoms with Gasteiger partial charge in [0, 0.05) is 28.6 Å². The van der Waals surface area contributed by atoms with Crippen LogP contribution in [0.5, 0.6) is 0 Å². The second-order valence-corrected chi connectivity index (χ2v) is 9.11. The molecule has 2 aliphatic heterocycles. The Balaban J connectivity index is 1.63. The summed E-state index contributed by atoms with van der Waals surface area (Å²) in [5, 5.41) is 5.68. The minimum absolute atomic E-state index is 0.0189. The zero-order chi connectivity index (χ0) is 21.9. The Bertz CT molecular complexity index is 1330. The zero-order valence-corrected chi connectivity index (χ0v) is 18.9. The van der Waals surface area contributed by atoms with Crippen molar-refractivity contribution < 1.29 is 4.52 Å². The van der Waals surface area contributed by atoms with Gasteiger partial charge in [-0.05, 0) is 44.0 Å². The van der Waals surface area contributed by atoms with Crippen molar-refractivity contribution in [1.29, 1.82) is 0 Å². The van der Waals surface area contributed by atoms with Crippen LogP contribution in [0.1, 0.15) is 49.9 Å². The summed E-state index contributed by atoms with van der Waals surface area (Å²) in [6.07, 6.45) is 5.60. The average Bonchev–Trinajstić information content (AvgIpc) is 3.46. The van der Waals surface area contributed by atoms with Crippen LogP contribution in [0.3, 0.4) is 0 Å². The largest absolute Gasteiger partial charge is 0.332 e. The molecule has 0 radical (unpaired) electrons. The molecular formula is C27H28N4O. The summed E-state index contributed by atoms with van der Waals surface area (Å²) in [5.74, 6) is 1.22. The molecule has 5 heteroatoms. The lowest BCUT2D eigenvalue weighted by Gasteiger charge is -2.48. The van der Waals surface area contributed by atoms with E-state index in [1.54, 1.807) is 0 Å². The lowest BCUT2D eigenvalue weighted by atomic mass is 9.69. The molecule has 6 rings (SSSR count). The molecule has 4 heterocycles. The molecule has 2 aromatic heterocycles. The van der Waals surface area contributed by atoms with Crippen molar-refractivity contribution in [3.8, 4) is 11.4 Å². The maximum Gasteiger partial charge on any atom is 0.274 e. The van der Waals surface area contributed by atoms with Crippen molar-refractivity contribution in [2.45, 2.75) is 39.2 Å². The first kappa shape index (κ1) is 19.5. The predicted molar refractivity (Wildman–Crippen MR) is 127 cm³/mol. The van der Waals surface area contributed by atoms with E-state index < -0.39 is 0 Å². The summed E-state index contributed by atoms with van der Waals surface area (Å²) >= 11 is 0. The van der Waals surface area contributed by atoms with Gasteiger partial charge in [0.2, 0.25) is 5.82 Å². The summed E-state index contributed by atoms with van der Waals surface area (Å²) in [4.78, 5) is 7.40. The quantitative estimate of drug-likeness (QED) is 0.407. The van der Waals surface area contributed by atoms with Crippen molar-refractivity contribution in [2.75, 3.05) is 13.6 Å². The molecule has 0 aliphatic carbocycles. The third-order valence-corrected chi connectivity index (χ3v) is 7.64. The highest BCUT2D eigenvalue weighted by atomic mass is 16.5. The van der Waals surface area contributed by atoms with E-state index in [-0.39, 0.29) is 5.41 Å². The Morgan fingerprint density at radius 1 is 1.03 bits per heavy atom. The highest BCUT2D eigenvalue weighted by Crippen LogP contribution is 2.54. The molecule has 0 spiro atoms. The Labute approximate surface area is 188 Å². The number of fused-ring (bicyclic) bond motifs is 3. The first-order valence-corrected chi connectivity index (χ1v) is 11.6. The van der Waals surface area contributed by atoms with Crippen molar-refractivity contribution in [1.82, 2.24) is 19.6 Å². The van der Waals surface area contributed by atoms with E-state index in [2.05, 4.69) is 65.9 Å². The van der Waals surface area contributed by atoms with E-state index in [0.29, 0.717) is 17.8 Å². The van der Waals surface area contributed by atoms with Crippen molar-refractivity contribution >= 4 is 16.6 Å². The average molecular weight is 425 g/mol. The number of aromatic nitrogens is 3. The van der Waals surface area contributed by atoms with Crippen LogP contribution in [0.2, 0.25) is 0 Å². The van der Waals surface area contributed by atoms with E-state index in [4.69, 9.17) is 9.51 Å². The Morgan fingerprint density at radius 2 is 1.78 bits per heavy atom. The minimum Gasteiger partial charge on any atom is -0.332 e. The fourth-order valence-corrected chi connectivity index (χ4v) is 5.92. The second kappa shape index (κ2) is 7.17. The number of para-hydroxylation sites is 1. The number of rotatable bonds is 4. The molecule has 0 saturated heterocycles. The molecule has 5 nitrogen and oxygen atoms in total. The topological polar surface area (TPSA) is 47.1 Å². The Kier molecular flexibility index (Phi) is 4.37. The standard InChI is InChI=1S/C27H28N4O/c1-4-27(5-2)17-22(26-28-25(29-32-26)18-11-7-6-8-12-18)31-21-14-10-9-13-19(21)20-15-16-30(3)24(27)23(20)31/h6-14,17,24H,4-5,15-16H2,1-3H3/t24-/m1/s1. The molecule has 1 atom stereocenters. The van der Waals surface area contributed by atoms with Gasteiger partial charge in [-0.25, -0.2) is 0 Å². The summed E-state index contributed by atoms with van der Waals surface area (Å²) in [6.45, 7) is 5.69. The fraction of sp³-hybridized carbons (Fsp3) is 0.333. The van der Waals surface area contributed by atoms with Gasteiger partial charge < -0.3 is 9.09 Å². The molecule has 2 aromatic carbocycles. The molecule has 4 aromatic rings.